The SMILES string of the molecule is CCCCOc1cccc(/C=N\NC(=O)[C@@H](Cc2ccccc2)NC(=O)[C@H](C)Oc2ccc(Cl)cc2Cl)c1. The number of hydrogen-bond donors (Lipinski definition) is 2. The molecule has 3 rings (SSSR count). The lowest BCUT2D eigenvalue weighted by Crippen LogP contribution is -2.50. The predicted octanol–water partition coefficient (Wildman–Crippen LogP) is 5.82. The molecule has 0 aromatic heterocycles. The largest absolute Gasteiger partial charge is 0.494 e. The standard InChI is InChI=1S/C29H31Cl2N3O4/c1-3-4-15-37-24-12-8-11-22(16-24)19-32-34-29(36)26(17-21-9-6-5-7-10-21)33-28(35)20(2)38-27-14-13-23(30)18-25(27)31/h5-14,16,18-20,26H,3-4,15,17H2,1-2H3,(H,33,35)(H,34,36)/b32-19-/t20-,26+/m0/s1. The Labute approximate surface area is 233 Å². The van der Waals surface area contributed by atoms with E-state index in [9.17, 15) is 9.59 Å². The van der Waals surface area contributed by atoms with Gasteiger partial charge in [0.1, 0.15) is 17.5 Å². The van der Waals surface area contributed by atoms with Gasteiger partial charge in [0.25, 0.3) is 11.8 Å². The van der Waals surface area contributed by atoms with E-state index < -0.39 is 24.0 Å². The van der Waals surface area contributed by atoms with Crippen molar-refractivity contribution < 1.29 is 19.1 Å². The second-order valence-electron chi connectivity index (χ2n) is 8.59. The maximum atomic E-state index is 13.0. The Morgan fingerprint density at radius 3 is 2.53 bits per heavy atom. The summed E-state index contributed by atoms with van der Waals surface area (Å²) in [5.41, 5.74) is 4.18. The van der Waals surface area contributed by atoms with Crippen LogP contribution in [0.1, 0.15) is 37.8 Å². The first-order valence-corrected chi connectivity index (χ1v) is 13.1. The summed E-state index contributed by atoms with van der Waals surface area (Å²) < 4.78 is 11.4. The smallest absolute Gasteiger partial charge is 0.262 e. The number of benzene rings is 3. The lowest BCUT2D eigenvalue weighted by Gasteiger charge is -2.21. The molecule has 7 nitrogen and oxygen atoms in total. The Morgan fingerprint density at radius 1 is 1.00 bits per heavy atom. The van der Waals surface area contributed by atoms with E-state index >= 15 is 0 Å². The summed E-state index contributed by atoms with van der Waals surface area (Å²) in [5, 5.41) is 7.59. The first-order chi connectivity index (χ1) is 18.4. The van der Waals surface area contributed by atoms with Gasteiger partial charge in [0.15, 0.2) is 6.10 Å². The molecule has 3 aromatic rings. The normalized spacial score (nSPS) is 12.5. The zero-order valence-corrected chi connectivity index (χ0v) is 22.8. The molecule has 0 unspecified atom stereocenters. The number of hydrogen-bond acceptors (Lipinski definition) is 5. The fourth-order valence-corrected chi connectivity index (χ4v) is 3.88. The molecule has 2 atom stereocenters. The molecule has 3 aromatic carbocycles. The number of ether oxygens (including phenoxy) is 2. The highest BCUT2D eigenvalue weighted by atomic mass is 35.5. The lowest BCUT2D eigenvalue weighted by molar-refractivity contribution is -0.132. The highest BCUT2D eigenvalue weighted by Gasteiger charge is 2.25. The third kappa shape index (κ3) is 9.39. The van der Waals surface area contributed by atoms with Crippen LogP contribution in [0.5, 0.6) is 11.5 Å². The van der Waals surface area contributed by atoms with Crippen molar-refractivity contribution in [3.8, 4) is 11.5 Å². The number of halogens is 2. The molecule has 0 aliphatic carbocycles. The van der Waals surface area contributed by atoms with Gasteiger partial charge >= 0.3 is 0 Å². The highest BCUT2D eigenvalue weighted by molar-refractivity contribution is 6.35. The molecule has 0 fully saturated rings. The maximum Gasteiger partial charge on any atom is 0.262 e. The van der Waals surface area contributed by atoms with Gasteiger partial charge in [0.2, 0.25) is 0 Å². The first kappa shape index (κ1) is 29.0. The number of hydrazone groups is 1. The van der Waals surface area contributed by atoms with Crippen molar-refractivity contribution in [2.24, 2.45) is 5.10 Å². The molecule has 0 saturated carbocycles. The molecule has 0 spiro atoms. The highest BCUT2D eigenvalue weighted by Crippen LogP contribution is 2.28. The molecule has 2 N–H and O–H groups in total. The minimum atomic E-state index is -0.918. The van der Waals surface area contributed by atoms with E-state index in [0.717, 1.165) is 29.7 Å². The summed E-state index contributed by atoms with van der Waals surface area (Å²) >= 11 is 12.1. The number of carbonyl (C=O) groups excluding carboxylic acids is 2. The van der Waals surface area contributed by atoms with Crippen LogP contribution in [-0.2, 0) is 16.0 Å². The van der Waals surface area contributed by atoms with Crippen LogP contribution in [-0.4, -0.2) is 36.8 Å². The molecule has 0 aliphatic heterocycles. The summed E-state index contributed by atoms with van der Waals surface area (Å²) in [6.07, 6.45) is 2.90. The molecule has 0 aliphatic rings. The van der Waals surface area contributed by atoms with E-state index in [2.05, 4.69) is 22.8 Å². The van der Waals surface area contributed by atoms with Gasteiger partial charge in [-0.05, 0) is 54.8 Å². The van der Waals surface area contributed by atoms with E-state index in [-0.39, 0.29) is 11.4 Å². The summed E-state index contributed by atoms with van der Waals surface area (Å²) in [6, 6.07) is 20.6. The van der Waals surface area contributed by atoms with Gasteiger partial charge in [-0.3, -0.25) is 9.59 Å². The van der Waals surface area contributed by atoms with Crippen LogP contribution in [0.25, 0.3) is 0 Å². The lowest BCUT2D eigenvalue weighted by atomic mass is 10.1. The van der Waals surface area contributed by atoms with Crippen LogP contribution in [0.3, 0.4) is 0 Å². The van der Waals surface area contributed by atoms with Crippen LogP contribution in [0.2, 0.25) is 10.0 Å². The Morgan fingerprint density at radius 2 is 1.79 bits per heavy atom. The molecule has 0 saturated heterocycles. The average molecular weight is 556 g/mol. The van der Waals surface area contributed by atoms with Gasteiger partial charge in [-0.1, -0.05) is 79.0 Å². The Hall–Kier alpha value is -3.55. The molecule has 9 heteroatoms. The summed E-state index contributed by atoms with van der Waals surface area (Å²) in [4.78, 5) is 26.0. The zero-order valence-electron chi connectivity index (χ0n) is 21.3. The molecule has 0 bridgehead atoms. The third-order valence-corrected chi connectivity index (χ3v) is 6.03. The predicted molar refractivity (Wildman–Crippen MR) is 151 cm³/mol. The Bertz CT molecular complexity index is 1240. The van der Waals surface area contributed by atoms with Crippen molar-refractivity contribution in [2.45, 2.75) is 45.3 Å². The number of amides is 2. The molecule has 38 heavy (non-hydrogen) atoms. The van der Waals surface area contributed by atoms with Crippen LogP contribution in [0.4, 0.5) is 0 Å². The van der Waals surface area contributed by atoms with Crippen molar-refractivity contribution in [1.82, 2.24) is 10.7 Å². The van der Waals surface area contributed by atoms with Crippen LogP contribution < -0.4 is 20.2 Å². The maximum absolute atomic E-state index is 13.0. The van der Waals surface area contributed by atoms with Gasteiger partial charge in [0.05, 0.1) is 17.8 Å². The zero-order chi connectivity index (χ0) is 27.3. The van der Waals surface area contributed by atoms with Crippen LogP contribution >= 0.6 is 23.2 Å². The topological polar surface area (TPSA) is 89.0 Å². The van der Waals surface area contributed by atoms with E-state index in [4.69, 9.17) is 32.7 Å². The fraction of sp³-hybridized carbons (Fsp3) is 0.276. The minimum absolute atomic E-state index is 0.267. The Balaban J connectivity index is 1.65. The van der Waals surface area contributed by atoms with Crippen molar-refractivity contribution >= 4 is 41.2 Å². The van der Waals surface area contributed by atoms with Gasteiger partial charge in [-0.25, -0.2) is 5.43 Å². The molecule has 0 radical (unpaired) electrons. The van der Waals surface area contributed by atoms with Gasteiger partial charge in [-0.2, -0.15) is 5.10 Å². The van der Waals surface area contributed by atoms with Gasteiger partial charge in [-0.15, -0.1) is 0 Å². The van der Waals surface area contributed by atoms with Crippen molar-refractivity contribution in [3.05, 3.63) is 94.0 Å². The van der Waals surface area contributed by atoms with E-state index in [1.54, 1.807) is 19.1 Å². The molecule has 200 valence electrons. The Kier molecular flexibility index (Phi) is 11.5. The van der Waals surface area contributed by atoms with Crippen LogP contribution in [0.15, 0.2) is 77.9 Å². The van der Waals surface area contributed by atoms with E-state index in [0.29, 0.717) is 17.4 Å². The van der Waals surface area contributed by atoms with Gasteiger partial charge < -0.3 is 14.8 Å². The number of nitrogens with one attached hydrogen (secondary N) is 2. The quantitative estimate of drug-likeness (QED) is 0.158. The van der Waals surface area contributed by atoms with E-state index in [1.807, 2.05) is 54.6 Å². The summed E-state index contributed by atoms with van der Waals surface area (Å²) in [7, 11) is 0. The van der Waals surface area contributed by atoms with Crippen molar-refractivity contribution in [3.63, 3.8) is 0 Å². The van der Waals surface area contributed by atoms with Crippen molar-refractivity contribution in [2.75, 3.05) is 6.61 Å². The number of rotatable bonds is 13. The molecule has 0 heterocycles. The van der Waals surface area contributed by atoms with E-state index in [1.165, 1.54) is 12.3 Å². The fourth-order valence-electron chi connectivity index (χ4n) is 3.43. The van der Waals surface area contributed by atoms with Gasteiger partial charge in [0, 0.05) is 11.4 Å². The first-order valence-electron chi connectivity index (χ1n) is 12.4. The summed E-state index contributed by atoms with van der Waals surface area (Å²) in [5.74, 6) is 0.101. The molecule has 2 amide bonds. The second-order valence-corrected chi connectivity index (χ2v) is 9.44. The average Bonchev–Trinajstić information content (AvgIpc) is 2.90. The van der Waals surface area contributed by atoms with Crippen LogP contribution in [0, 0.1) is 0 Å². The third-order valence-electron chi connectivity index (χ3n) is 5.50. The number of carbonyl (C=O) groups is 2. The number of nitrogens with zero attached hydrogens (tertiary/aromatic N) is 1. The second kappa shape index (κ2) is 15.0. The van der Waals surface area contributed by atoms with Crippen molar-refractivity contribution in [1.29, 1.82) is 0 Å². The monoisotopic (exact) mass is 555 g/mol. The number of unbranched alkanes of at least 4 members (excludes halogenated alkanes) is 1. The summed E-state index contributed by atoms with van der Waals surface area (Å²) in [6.45, 7) is 4.32. The molecular formula is C29H31Cl2N3O4. The minimum Gasteiger partial charge on any atom is -0.494 e. The molecular weight excluding hydrogens is 525 g/mol.